The van der Waals surface area contributed by atoms with Crippen molar-refractivity contribution in [1.29, 1.82) is 0 Å². The number of likely N-dealkylation sites (N-methyl/N-ethyl adjacent to an activating group) is 1. The molecule has 0 bridgehead atoms. The number of nitrogens with one attached hydrogen (secondary N) is 1. The molecular weight excluding hydrogens is 345 g/mol. The van der Waals surface area contributed by atoms with Crippen LogP contribution >= 0.6 is 24.0 Å². The van der Waals surface area contributed by atoms with Crippen molar-refractivity contribution >= 4 is 29.9 Å². The van der Waals surface area contributed by atoms with E-state index in [-0.39, 0.29) is 35.9 Å². The summed E-state index contributed by atoms with van der Waals surface area (Å²) < 4.78 is 11.9. The minimum absolute atomic E-state index is 0. The molecule has 104 valence electrons. The molecule has 1 saturated carbocycles. The van der Waals surface area contributed by atoms with E-state index in [1.165, 1.54) is 12.8 Å². The highest BCUT2D eigenvalue weighted by Gasteiger charge is 2.43. The van der Waals surface area contributed by atoms with E-state index in [0.29, 0.717) is 6.61 Å². The zero-order chi connectivity index (χ0) is 11.7. The van der Waals surface area contributed by atoms with Gasteiger partial charge in [0.05, 0.1) is 13.2 Å². The molecule has 2 fully saturated rings. The van der Waals surface area contributed by atoms with Crippen molar-refractivity contribution in [3.05, 3.63) is 0 Å². The number of halogens is 1. The second-order valence-corrected chi connectivity index (χ2v) is 5.18. The van der Waals surface area contributed by atoms with Crippen LogP contribution in [-0.2, 0) is 9.47 Å². The van der Waals surface area contributed by atoms with E-state index in [4.69, 9.17) is 9.47 Å². The van der Waals surface area contributed by atoms with Crippen LogP contribution in [-0.4, -0.2) is 56.0 Å². The quantitative estimate of drug-likeness (QED) is 0.745. The van der Waals surface area contributed by atoms with Crippen LogP contribution in [0.1, 0.15) is 25.7 Å². The van der Waals surface area contributed by atoms with Crippen molar-refractivity contribution in [2.75, 3.05) is 33.3 Å². The fourth-order valence-electron chi connectivity index (χ4n) is 2.82. The van der Waals surface area contributed by atoms with Crippen molar-refractivity contribution in [2.45, 2.75) is 37.6 Å². The zero-order valence-electron chi connectivity index (χ0n) is 10.9. The summed E-state index contributed by atoms with van der Waals surface area (Å²) in [7, 11) is 2.06. The molecule has 1 N–H and O–H groups in total. The van der Waals surface area contributed by atoms with Gasteiger partial charge in [0, 0.05) is 33.0 Å². The lowest BCUT2D eigenvalue weighted by molar-refractivity contribution is -0.160. The van der Waals surface area contributed by atoms with Crippen LogP contribution in [0.4, 0.5) is 0 Å². The average Bonchev–Trinajstić information content (AvgIpc) is 3.01. The highest BCUT2D eigenvalue weighted by atomic mass is 127. The third-order valence-electron chi connectivity index (χ3n) is 3.83. The van der Waals surface area contributed by atoms with E-state index in [0.717, 1.165) is 38.4 Å². The molecule has 1 spiro atoms. The Balaban J connectivity index is 0.00000120. The predicted octanol–water partition coefficient (Wildman–Crippen LogP) is 1.18. The molecule has 0 radical (unpaired) electrons. The topological polar surface area (TPSA) is 46.1 Å². The molecule has 0 amide bonds. The van der Waals surface area contributed by atoms with Crippen LogP contribution in [0.3, 0.4) is 0 Å². The molecule has 1 aliphatic carbocycles. The number of guanidine groups is 1. The van der Waals surface area contributed by atoms with Gasteiger partial charge < -0.3 is 19.7 Å². The minimum atomic E-state index is -0.240. The van der Waals surface area contributed by atoms with E-state index in [1.54, 1.807) is 0 Å². The van der Waals surface area contributed by atoms with Gasteiger partial charge in [-0.15, -0.1) is 24.0 Å². The SMILES string of the molecule is CN1CCN=C1NCC1COC2(CCCC2)O1.I. The Morgan fingerprint density at radius 3 is 2.89 bits per heavy atom. The molecule has 1 saturated heterocycles. The van der Waals surface area contributed by atoms with Gasteiger partial charge in [-0.05, 0) is 12.8 Å². The van der Waals surface area contributed by atoms with Gasteiger partial charge in [0.1, 0.15) is 6.10 Å². The third kappa shape index (κ3) is 2.91. The molecule has 3 aliphatic rings. The highest BCUT2D eigenvalue weighted by molar-refractivity contribution is 14.0. The Kier molecular flexibility index (Phi) is 4.71. The Labute approximate surface area is 125 Å². The highest BCUT2D eigenvalue weighted by Crippen LogP contribution is 2.38. The molecule has 18 heavy (non-hydrogen) atoms. The second-order valence-electron chi connectivity index (χ2n) is 5.18. The first-order chi connectivity index (χ1) is 8.27. The number of aliphatic imine (C=N–C) groups is 1. The molecule has 0 aromatic carbocycles. The van der Waals surface area contributed by atoms with Gasteiger partial charge >= 0.3 is 0 Å². The standard InChI is InChI=1S/C12H21N3O2.HI/c1-15-7-6-13-11(15)14-8-10-9-16-12(17-10)4-2-3-5-12;/h10H,2-9H2,1H3,(H,13,14);1H. The smallest absolute Gasteiger partial charge is 0.193 e. The molecule has 6 heteroatoms. The Morgan fingerprint density at radius 2 is 2.22 bits per heavy atom. The van der Waals surface area contributed by atoms with Crippen LogP contribution in [0.2, 0.25) is 0 Å². The number of rotatable bonds is 2. The van der Waals surface area contributed by atoms with Crippen molar-refractivity contribution in [1.82, 2.24) is 10.2 Å². The summed E-state index contributed by atoms with van der Waals surface area (Å²) in [6, 6.07) is 0. The van der Waals surface area contributed by atoms with Gasteiger partial charge in [-0.2, -0.15) is 0 Å². The maximum atomic E-state index is 6.05. The van der Waals surface area contributed by atoms with Gasteiger partial charge in [-0.3, -0.25) is 4.99 Å². The summed E-state index contributed by atoms with van der Waals surface area (Å²) in [5.41, 5.74) is 0. The lowest BCUT2D eigenvalue weighted by atomic mass is 10.2. The van der Waals surface area contributed by atoms with Crippen molar-refractivity contribution < 1.29 is 9.47 Å². The maximum absolute atomic E-state index is 6.05. The maximum Gasteiger partial charge on any atom is 0.193 e. The summed E-state index contributed by atoms with van der Waals surface area (Å²) in [6.07, 6.45) is 4.75. The van der Waals surface area contributed by atoms with Gasteiger partial charge in [0.15, 0.2) is 11.7 Å². The first kappa shape index (κ1) is 14.3. The van der Waals surface area contributed by atoms with E-state index >= 15 is 0 Å². The monoisotopic (exact) mass is 367 g/mol. The summed E-state index contributed by atoms with van der Waals surface area (Å²) in [4.78, 5) is 6.54. The van der Waals surface area contributed by atoms with Crippen LogP contribution < -0.4 is 5.32 Å². The van der Waals surface area contributed by atoms with Crippen LogP contribution in [0, 0.1) is 0 Å². The number of nitrogens with zero attached hydrogens (tertiary/aromatic N) is 2. The number of ether oxygens (including phenoxy) is 2. The lowest BCUT2D eigenvalue weighted by Crippen LogP contribution is -2.40. The summed E-state index contributed by atoms with van der Waals surface area (Å²) >= 11 is 0. The van der Waals surface area contributed by atoms with Crippen molar-refractivity contribution in [3.8, 4) is 0 Å². The van der Waals surface area contributed by atoms with Gasteiger partial charge in [-0.1, -0.05) is 0 Å². The Hall–Kier alpha value is -0.0800. The predicted molar refractivity (Wildman–Crippen MR) is 80.4 cm³/mol. The second kappa shape index (κ2) is 5.92. The summed E-state index contributed by atoms with van der Waals surface area (Å²) in [5.74, 6) is 0.747. The number of hydrogen-bond donors (Lipinski definition) is 1. The molecule has 1 unspecified atom stereocenters. The van der Waals surface area contributed by atoms with Gasteiger partial charge in [-0.25, -0.2) is 0 Å². The molecule has 5 nitrogen and oxygen atoms in total. The Morgan fingerprint density at radius 1 is 1.44 bits per heavy atom. The van der Waals surface area contributed by atoms with Crippen LogP contribution in [0.15, 0.2) is 4.99 Å². The fraction of sp³-hybridized carbons (Fsp3) is 0.917. The molecule has 2 heterocycles. The van der Waals surface area contributed by atoms with Crippen LogP contribution in [0.5, 0.6) is 0 Å². The molecule has 2 aliphatic heterocycles. The summed E-state index contributed by atoms with van der Waals surface area (Å²) in [6.45, 7) is 3.41. The molecular formula is C12H22IN3O2. The largest absolute Gasteiger partial charge is 0.354 e. The average molecular weight is 367 g/mol. The van der Waals surface area contributed by atoms with Crippen molar-refractivity contribution in [2.24, 2.45) is 4.99 Å². The van der Waals surface area contributed by atoms with E-state index in [2.05, 4.69) is 22.3 Å². The van der Waals surface area contributed by atoms with Crippen LogP contribution in [0.25, 0.3) is 0 Å². The van der Waals surface area contributed by atoms with Gasteiger partial charge in [0.2, 0.25) is 0 Å². The normalized spacial score (nSPS) is 29.5. The molecule has 1 atom stereocenters. The van der Waals surface area contributed by atoms with E-state index < -0.39 is 0 Å². The molecule has 0 aromatic heterocycles. The fourth-order valence-corrected chi connectivity index (χ4v) is 2.82. The van der Waals surface area contributed by atoms with E-state index in [9.17, 15) is 0 Å². The minimum Gasteiger partial charge on any atom is -0.354 e. The number of hydrogen-bond acceptors (Lipinski definition) is 5. The first-order valence-corrected chi connectivity index (χ1v) is 6.59. The van der Waals surface area contributed by atoms with E-state index in [1.807, 2.05) is 0 Å². The Bertz CT molecular complexity index is 318. The molecule has 0 aromatic rings. The summed E-state index contributed by atoms with van der Waals surface area (Å²) in [5, 5.41) is 3.35. The lowest BCUT2D eigenvalue weighted by Gasteiger charge is -2.22. The van der Waals surface area contributed by atoms with Crippen molar-refractivity contribution in [3.63, 3.8) is 0 Å². The first-order valence-electron chi connectivity index (χ1n) is 6.59. The zero-order valence-corrected chi connectivity index (χ0v) is 13.2. The molecule has 3 rings (SSSR count). The third-order valence-corrected chi connectivity index (χ3v) is 3.83. The van der Waals surface area contributed by atoms with Gasteiger partial charge in [0.25, 0.3) is 0 Å².